The van der Waals surface area contributed by atoms with Crippen LogP contribution in [0.3, 0.4) is 0 Å². The zero-order chi connectivity index (χ0) is 12.4. The molecule has 0 radical (unpaired) electrons. The van der Waals surface area contributed by atoms with Crippen molar-refractivity contribution in [2.24, 2.45) is 5.11 Å². The standard InChI is InChI=1S/C12H11ClN4/c1-3-9-7(2)15-11-5-4-8(16-17-14)6-10(11)12(9)13/h4-6H,3H2,1-2H3. The molecule has 1 aromatic heterocycles. The fraction of sp³-hybridized carbons (Fsp3) is 0.250. The van der Waals surface area contributed by atoms with Crippen LogP contribution in [0, 0.1) is 6.92 Å². The molecular weight excluding hydrogens is 236 g/mol. The van der Waals surface area contributed by atoms with E-state index in [2.05, 4.69) is 15.0 Å². The Labute approximate surface area is 104 Å². The Kier molecular flexibility index (Phi) is 3.18. The fourth-order valence-electron chi connectivity index (χ4n) is 1.89. The number of aromatic nitrogens is 1. The molecule has 0 saturated heterocycles. The summed E-state index contributed by atoms with van der Waals surface area (Å²) in [7, 11) is 0. The van der Waals surface area contributed by atoms with Crippen LogP contribution in [-0.4, -0.2) is 4.98 Å². The first kappa shape index (κ1) is 11.7. The zero-order valence-corrected chi connectivity index (χ0v) is 10.4. The van der Waals surface area contributed by atoms with Gasteiger partial charge in [-0.2, -0.15) is 0 Å². The van der Waals surface area contributed by atoms with Crippen molar-refractivity contribution in [2.45, 2.75) is 20.3 Å². The quantitative estimate of drug-likeness (QED) is 0.430. The predicted molar refractivity (Wildman–Crippen MR) is 69.7 cm³/mol. The highest BCUT2D eigenvalue weighted by Crippen LogP contribution is 2.31. The van der Waals surface area contributed by atoms with Crippen molar-refractivity contribution in [1.29, 1.82) is 0 Å². The largest absolute Gasteiger partial charge is 0.253 e. The van der Waals surface area contributed by atoms with Gasteiger partial charge in [-0.15, -0.1) is 0 Å². The minimum atomic E-state index is 0.551. The minimum Gasteiger partial charge on any atom is -0.253 e. The summed E-state index contributed by atoms with van der Waals surface area (Å²) in [5.41, 5.74) is 11.8. The number of hydrogen-bond acceptors (Lipinski definition) is 2. The van der Waals surface area contributed by atoms with Crippen molar-refractivity contribution in [3.8, 4) is 0 Å². The molecule has 0 aliphatic rings. The van der Waals surface area contributed by atoms with Crippen LogP contribution in [0.5, 0.6) is 0 Å². The maximum Gasteiger partial charge on any atom is 0.0720 e. The van der Waals surface area contributed by atoms with E-state index >= 15 is 0 Å². The number of azide groups is 1. The highest BCUT2D eigenvalue weighted by atomic mass is 35.5. The van der Waals surface area contributed by atoms with Gasteiger partial charge in [0.15, 0.2) is 0 Å². The Hall–Kier alpha value is -1.77. The SMILES string of the molecule is CCc1c(C)nc2ccc(N=[N+]=[N-])cc2c1Cl. The lowest BCUT2D eigenvalue weighted by atomic mass is 10.1. The van der Waals surface area contributed by atoms with E-state index in [4.69, 9.17) is 17.1 Å². The summed E-state index contributed by atoms with van der Waals surface area (Å²) in [6.07, 6.45) is 0.833. The van der Waals surface area contributed by atoms with Gasteiger partial charge in [-0.05, 0) is 36.6 Å². The third kappa shape index (κ3) is 2.05. The highest BCUT2D eigenvalue weighted by molar-refractivity contribution is 6.36. The van der Waals surface area contributed by atoms with Crippen LogP contribution in [-0.2, 0) is 6.42 Å². The van der Waals surface area contributed by atoms with E-state index < -0.39 is 0 Å². The van der Waals surface area contributed by atoms with E-state index in [-0.39, 0.29) is 0 Å². The number of fused-ring (bicyclic) bond motifs is 1. The van der Waals surface area contributed by atoms with Crippen molar-refractivity contribution >= 4 is 28.2 Å². The van der Waals surface area contributed by atoms with Crippen molar-refractivity contribution in [3.63, 3.8) is 0 Å². The summed E-state index contributed by atoms with van der Waals surface area (Å²) in [4.78, 5) is 7.25. The molecule has 0 aliphatic carbocycles. The molecule has 0 atom stereocenters. The number of aryl methyl sites for hydroxylation is 1. The van der Waals surface area contributed by atoms with Crippen molar-refractivity contribution in [3.05, 3.63) is 44.9 Å². The number of benzene rings is 1. The second-order valence-corrected chi connectivity index (χ2v) is 4.11. The molecule has 0 aliphatic heterocycles. The molecule has 5 heteroatoms. The highest BCUT2D eigenvalue weighted by Gasteiger charge is 2.09. The third-order valence-corrected chi connectivity index (χ3v) is 3.15. The maximum absolute atomic E-state index is 8.42. The van der Waals surface area contributed by atoms with Gasteiger partial charge in [-0.25, -0.2) is 0 Å². The normalized spacial score (nSPS) is 10.3. The first-order valence-corrected chi connectivity index (χ1v) is 5.69. The topological polar surface area (TPSA) is 61.7 Å². The summed E-state index contributed by atoms with van der Waals surface area (Å²) in [5, 5.41) is 5.10. The van der Waals surface area contributed by atoms with Gasteiger partial charge in [0.25, 0.3) is 0 Å². The van der Waals surface area contributed by atoms with Crippen LogP contribution >= 0.6 is 11.6 Å². The van der Waals surface area contributed by atoms with Crippen LogP contribution in [0.4, 0.5) is 5.69 Å². The van der Waals surface area contributed by atoms with Gasteiger partial charge in [0.05, 0.1) is 10.5 Å². The second-order valence-electron chi connectivity index (χ2n) is 3.73. The van der Waals surface area contributed by atoms with E-state index in [0.29, 0.717) is 10.7 Å². The molecule has 4 nitrogen and oxygen atoms in total. The molecule has 0 amide bonds. The molecule has 86 valence electrons. The Bertz CT molecular complexity index is 630. The lowest BCUT2D eigenvalue weighted by molar-refractivity contribution is 1.07. The van der Waals surface area contributed by atoms with Crippen molar-refractivity contribution in [1.82, 2.24) is 4.98 Å². The fourth-order valence-corrected chi connectivity index (χ4v) is 2.31. The van der Waals surface area contributed by atoms with Crippen LogP contribution in [0.25, 0.3) is 21.3 Å². The Morgan fingerprint density at radius 1 is 1.47 bits per heavy atom. The lowest BCUT2D eigenvalue weighted by Gasteiger charge is -2.09. The van der Waals surface area contributed by atoms with Crippen LogP contribution in [0.1, 0.15) is 18.2 Å². The van der Waals surface area contributed by atoms with Crippen molar-refractivity contribution < 1.29 is 0 Å². The van der Waals surface area contributed by atoms with Gasteiger partial charge in [-0.1, -0.05) is 29.7 Å². The third-order valence-electron chi connectivity index (χ3n) is 2.72. The van der Waals surface area contributed by atoms with Crippen LogP contribution < -0.4 is 0 Å². The average molecular weight is 247 g/mol. The smallest absolute Gasteiger partial charge is 0.0720 e. The number of hydrogen-bond donors (Lipinski definition) is 0. The number of nitrogens with zero attached hydrogens (tertiary/aromatic N) is 4. The minimum absolute atomic E-state index is 0.551. The Balaban J connectivity index is 2.79. The Morgan fingerprint density at radius 3 is 2.88 bits per heavy atom. The molecule has 17 heavy (non-hydrogen) atoms. The Morgan fingerprint density at radius 2 is 2.24 bits per heavy atom. The van der Waals surface area contributed by atoms with Gasteiger partial charge < -0.3 is 0 Å². The summed E-state index contributed by atoms with van der Waals surface area (Å²) >= 11 is 6.34. The van der Waals surface area contributed by atoms with Gasteiger partial charge in [0.1, 0.15) is 0 Å². The average Bonchev–Trinajstić information content (AvgIpc) is 2.31. The summed E-state index contributed by atoms with van der Waals surface area (Å²) in [5.74, 6) is 0. The molecule has 0 bridgehead atoms. The van der Waals surface area contributed by atoms with Crippen LogP contribution in [0.15, 0.2) is 23.3 Å². The zero-order valence-electron chi connectivity index (χ0n) is 9.61. The van der Waals surface area contributed by atoms with Gasteiger partial charge in [0.2, 0.25) is 0 Å². The molecule has 2 aromatic rings. The summed E-state index contributed by atoms with van der Waals surface area (Å²) in [6.45, 7) is 3.99. The predicted octanol–water partition coefficient (Wildman–Crippen LogP) is 4.70. The number of pyridine rings is 1. The van der Waals surface area contributed by atoms with E-state index in [0.717, 1.165) is 28.6 Å². The van der Waals surface area contributed by atoms with Gasteiger partial charge >= 0.3 is 0 Å². The molecule has 2 rings (SSSR count). The molecule has 0 fully saturated rings. The maximum atomic E-state index is 8.42. The molecule has 1 aromatic carbocycles. The summed E-state index contributed by atoms with van der Waals surface area (Å²) < 4.78 is 0. The summed E-state index contributed by atoms with van der Waals surface area (Å²) in [6, 6.07) is 5.32. The molecule has 0 unspecified atom stereocenters. The van der Waals surface area contributed by atoms with E-state index in [1.54, 1.807) is 12.1 Å². The first-order valence-electron chi connectivity index (χ1n) is 5.31. The van der Waals surface area contributed by atoms with Crippen molar-refractivity contribution in [2.75, 3.05) is 0 Å². The molecule has 0 N–H and O–H groups in total. The molecule has 0 spiro atoms. The lowest BCUT2D eigenvalue weighted by Crippen LogP contribution is -1.94. The number of halogens is 1. The molecule has 0 saturated carbocycles. The van der Waals surface area contributed by atoms with Crippen LogP contribution in [0.2, 0.25) is 5.02 Å². The van der Waals surface area contributed by atoms with Gasteiger partial charge in [0, 0.05) is 21.7 Å². The van der Waals surface area contributed by atoms with E-state index in [1.165, 1.54) is 0 Å². The molecule has 1 heterocycles. The van der Waals surface area contributed by atoms with Gasteiger partial charge in [-0.3, -0.25) is 4.98 Å². The monoisotopic (exact) mass is 246 g/mol. The first-order chi connectivity index (χ1) is 8.17. The number of rotatable bonds is 2. The second kappa shape index (κ2) is 4.62. The van der Waals surface area contributed by atoms with E-state index in [9.17, 15) is 0 Å². The van der Waals surface area contributed by atoms with E-state index in [1.807, 2.05) is 19.9 Å². The molecular formula is C12H11ClN4.